The van der Waals surface area contributed by atoms with Crippen LogP contribution in [0.25, 0.3) is 0 Å². The first-order chi connectivity index (χ1) is 13.6. The zero-order chi connectivity index (χ0) is 19.9. The van der Waals surface area contributed by atoms with Crippen LogP contribution in [0.15, 0.2) is 48.5 Å². The third kappa shape index (κ3) is 4.79. The van der Waals surface area contributed by atoms with Gasteiger partial charge in [0.1, 0.15) is 5.75 Å². The van der Waals surface area contributed by atoms with Gasteiger partial charge in [0.05, 0.1) is 26.4 Å². The second kappa shape index (κ2) is 9.20. The summed E-state index contributed by atoms with van der Waals surface area (Å²) in [4.78, 5) is 26.0. The van der Waals surface area contributed by atoms with Gasteiger partial charge in [-0.1, -0.05) is 18.2 Å². The monoisotopic (exact) mass is 385 g/mol. The second-order valence-corrected chi connectivity index (χ2v) is 6.43. The van der Waals surface area contributed by atoms with E-state index in [9.17, 15) is 9.59 Å². The number of anilines is 1. The van der Waals surface area contributed by atoms with Gasteiger partial charge in [-0.3, -0.25) is 10.0 Å². The van der Waals surface area contributed by atoms with E-state index in [4.69, 9.17) is 14.7 Å². The van der Waals surface area contributed by atoms with Gasteiger partial charge in [-0.2, -0.15) is 0 Å². The van der Waals surface area contributed by atoms with E-state index in [1.807, 2.05) is 12.1 Å². The molecule has 0 saturated carbocycles. The van der Waals surface area contributed by atoms with Gasteiger partial charge in [-0.15, -0.1) is 0 Å². The molecule has 1 unspecified atom stereocenters. The van der Waals surface area contributed by atoms with E-state index in [1.165, 1.54) is 0 Å². The Hall–Kier alpha value is -3.10. The Balaban J connectivity index is 1.67. The molecule has 2 aromatic rings. The number of hydrogen-bond donors (Lipinski definition) is 3. The number of urea groups is 1. The summed E-state index contributed by atoms with van der Waals surface area (Å²) in [6, 6.07) is 13.7. The molecule has 0 aliphatic carbocycles. The van der Waals surface area contributed by atoms with Crippen molar-refractivity contribution in [1.82, 2.24) is 10.4 Å². The molecule has 1 aliphatic heterocycles. The molecule has 2 aromatic carbocycles. The Morgan fingerprint density at radius 2 is 2.04 bits per heavy atom. The highest BCUT2D eigenvalue weighted by Gasteiger charge is 2.27. The number of benzene rings is 2. The van der Waals surface area contributed by atoms with Crippen LogP contribution in [0.2, 0.25) is 0 Å². The van der Waals surface area contributed by atoms with Crippen LogP contribution in [0.5, 0.6) is 5.75 Å². The highest BCUT2D eigenvalue weighted by Crippen LogP contribution is 2.19. The number of nitrogens with zero attached hydrogens (tertiary/aromatic N) is 1. The van der Waals surface area contributed by atoms with Crippen molar-refractivity contribution in [2.24, 2.45) is 0 Å². The Morgan fingerprint density at radius 3 is 2.75 bits per heavy atom. The van der Waals surface area contributed by atoms with E-state index in [-0.39, 0.29) is 12.1 Å². The van der Waals surface area contributed by atoms with Gasteiger partial charge in [-0.25, -0.2) is 10.3 Å². The summed E-state index contributed by atoms with van der Waals surface area (Å²) in [7, 11) is 1.58. The van der Waals surface area contributed by atoms with Crippen LogP contribution < -0.4 is 15.5 Å². The van der Waals surface area contributed by atoms with Crippen LogP contribution >= 0.6 is 0 Å². The first kappa shape index (κ1) is 19.7. The molecular weight excluding hydrogens is 362 g/mol. The molecule has 28 heavy (non-hydrogen) atoms. The molecule has 8 nitrogen and oxygen atoms in total. The van der Waals surface area contributed by atoms with Crippen molar-refractivity contribution in [3.8, 4) is 5.75 Å². The first-order valence-corrected chi connectivity index (χ1v) is 8.93. The van der Waals surface area contributed by atoms with Crippen molar-refractivity contribution >= 4 is 17.6 Å². The fraction of sp³-hybridized carbons (Fsp3) is 0.300. The largest absolute Gasteiger partial charge is 0.497 e. The number of nitrogens with one attached hydrogen (secondary N) is 2. The molecule has 0 spiro atoms. The summed E-state index contributed by atoms with van der Waals surface area (Å²) in [5.74, 6) is 0.107. The van der Waals surface area contributed by atoms with E-state index < -0.39 is 5.91 Å². The molecule has 1 aliphatic rings. The van der Waals surface area contributed by atoms with Crippen molar-refractivity contribution < 1.29 is 24.3 Å². The number of morpholine rings is 1. The number of rotatable bonds is 5. The van der Waals surface area contributed by atoms with Crippen molar-refractivity contribution in [1.29, 1.82) is 0 Å². The number of carbonyl (C=O) groups is 2. The van der Waals surface area contributed by atoms with E-state index >= 15 is 0 Å². The summed E-state index contributed by atoms with van der Waals surface area (Å²) in [6.07, 6.45) is 0.590. The van der Waals surface area contributed by atoms with Crippen molar-refractivity contribution in [2.45, 2.75) is 12.5 Å². The Morgan fingerprint density at radius 1 is 1.25 bits per heavy atom. The zero-order valence-electron chi connectivity index (χ0n) is 15.6. The molecule has 0 radical (unpaired) electrons. The number of carbonyl (C=O) groups excluding carboxylic acids is 2. The van der Waals surface area contributed by atoms with Crippen molar-refractivity contribution in [3.05, 3.63) is 59.7 Å². The van der Waals surface area contributed by atoms with Gasteiger partial charge in [0.2, 0.25) is 0 Å². The van der Waals surface area contributed by atoms with Crippen LogP contribution in [0.3, 0.4) is 0 Å². The third-order valence-corrected chi connectivity index (χ3v) is 4.60. The van der Waals surface area contributed by atoms with Gasteiger partial charge in [0.25, 0.3) is 5.91 Å². The molecule has 1 fully saturated rings. The predicted octanol–water partition coefficient (Wildman–Crippen LogP) is 2.29. The molecule has 1 atom stereocenters. The van der Waals surface area contributed by atoms with Gasteiger partial charge in [-0.05, 0) is 36.2 Å². The lowest BCUT2D eigenvalue weighted by molar-refractivity contribution is 0.0158. The molecule has 1 heterocycles. The van der Waals surface area contributed by atoms with E-state index in [0.717, 1.165) is 5.56 Å². The molecule has 148 valence electrons. The fourth-order valence-corrected chi connectivity index (χ4v) is 3.12. The number of amides is 3. The molecular formula is C20H23N3O5. The maximum atomic E-state index is 12.8. The smallest absolute Gasteiger partial charge is 0.322 e. The van der Waals surface area contributed by atoms with Gasteiger partial charge in [0.15, 0.2) is 0 Å². The summed E-state index contributed by atoms with van der Waals surface area (Å²) in [6.45, 7) is 1.41. The maximum Gasteiger partial charge on any atom is 0.322 e. The molecule has 3 rings (SSSR count). The lowest BCUT2D eigenvalue weighted by Gasteiger charge is -2.35. The van der Waals surface area contributed by atoms with E-state index in [0.29, 0.717) is 43.2 Å². The molecule has 8 heteroatoms. The van der Waals surface area contributed by atoms with Crippen LogP contribution in [0.4, 0.5) is 10.5 Å². The molecule has 0 aromatic heterocycles. The Labute approximate surface area is 163 Å². The average Bonchev–Trinajstić information content (AvgIpc) is 2.74. The third-order valence-electron chi connectivity index (χ3n) is 4.60. The van der Waals surface area contributed by atoms with Gasteiger partial charge in [0, 0.05) is 23.9 Å². The van der Waals surface area contributed by atoms with Crippen LogP contribution in [0, 0.1) is 0 Å². The zero-order valence-corrected chi connectivity index (χ0v) is 15.6. The number of hydrogen-bond acceptors (Lipinski definition) is 5. The topological polar surface area (TPSA) is 100 Å². The quantitative estimate of drug-likeness (QED) is 0.542. The van der Waals surface area contributed by atoms with Crippen LogP contribution in [0.1, 0.15) is 15.9 Å². The lowest BCUT2D eigenvalue weighted by atomic mass is 10.0. The maximum absolute atomic E-state index is 12.8. The number of methoxy groups -OCH3 is 1. The van der Waals surface area contributed by atoms with Crippen molar-refractivity contribution in [3.63, 3.8) is 0 Å². The standard InChI is InChI=1S/C20H23N3O5/c1-27-18-4-2-3-16(12-18)21-20(25)23-9-10-28-13-17(23)11-14-5-7-15(8-6-14)19(24)22-26/h2-8,12,17,26H,9-11,13H2,1H3,(H,21,25)(H,22,24). The van der Waals surface area contributed by atoms with Crippen molar-refractivity contribution in [2.75, 3.05) is 32.2 Å². The molecule has 3 N–H and O–H groups in total. The fourth-order valence-electron chi connectivity index (χ4n) is 3.12. The molecule has 3 amide bonds. The molecule has 1 saturated heterocycles. The molecule has 0 bridgehead atoms. The minimum atomic E-state index is -0.563. The second-order valence-electron chi connectivity index (χ2n) is 6.43. The van der Waals surface area contributed by atoms with E-state index in [1.54, 1.807) is 53.9 Å². The Bertz CT molecular complexity index is 825. The number of ether oxygens (including phenoxy) is 2. The highest BCUT2D eigenvalue weighted by atomic mass is 16.5. The Kier molecular flexibility index (Phi) is 6.46. The lowest BCUT2D eigenvalue weighted by Crippen LogP contribution is -2.51. The van der Waals surface area contributed by atoms with Gasteiger partial charge < -0.3 is 19.7 Å². The predicted molar refractivity (Wildman–Crippen MR) is 103 cm³/mol. The van der Waals surface area contributed by atoms with E-state index in [2.05, 4.69) is 5.32 Å². The van der Waals surface area contributed by atoms with Gasteiger partial charge >= 0.3 is 6.03 Å². The minimum absolute atomic E-state index is 0.128. The summed E-state index contributed by atoms with van der Waals surface area (Å²) < 4.78 is 10.7. The highest BCUT2D eigenvalue weighted by molar-refractivity contribution is 5.93. The summed E-state index contributed by atoms with van der Waals surface area (Å²) in [5.41, 5.74) is 3.59. The first-order valence-electron chi connectivity index (χ1n) is 8.93. The average molecular weight is 385 g/mol. The minimum Gasteiger partial charge on any atom is -0.497 e. The normalized spacial score (nSPS) is 16.4. The van der Waals surface area contributed by atoms with Crippen LogP contribution in [-0.4, -0.2) is 55.0 Å². The summed E-state index contributed by atoms with van der Waals surface area (Å²) in [5, 5.41) is 11.6. The number of hydroxylamine groups is 1. The summed E-state index contributed by atoms with van der Waals surface area (Å²) >= 11 is 0. The van der Waals surface area contributed by atoms with Crippen LogP contribution in [-0.2, 0) is 11.2 Å². The SMILES string of the molecule is COc1cccc(NC(=O)N2CCOCC2Cc2ccc(C(=O)NO)cc2)c1.